The molecule has 1 saturated heterocycles. The third-order valence-corrected chi connectivity index (χ3v) is 7.08. The summed E-state index contributed by atoms with van der Waals surface area (Å²) in [5, 5.41) is 5.61. The molecule has 2 aliphatic rings. The smallest absolute Gasteiger partial charge is 0.293 e. The number of hydrogen-bond acceptors (Lipinski definition) is 8. The Morgan fingerprint density at radius 3 is 2.46 bits per heavy atom. The van der Waals surface area contributed by atoms with E-state index in [1.807, 2.05) is 4.90 Å². The van der Waals surface area contributed by atoms with Crippen molar-refractivity contribution in [2.75, 3.05) is 44.5 Å². The van der Waals surface area contributed by atoms with E-state index in [-0.39, 0.29) is 64.5 Å². The van der Waals surface area contributed by atoms with Gasteiger partial charge in [0.2, 0.25) is 17.6 Å². The maximum atomic E-state index is 13.4. The molecule has 4 heterocycles. The van der Waals surface area contributed by atoms with Gasteiger partial charge in [-0.05, 0) is 49.9 Å². The predicted octanol–water partition coefficient (Wildman–Crippen LogP) is 2.53. The molecule has 0 bridgehead atoms. The van der Waals surface area contributed by atoms with Crippen LogP contribution in [0.5, 0.6) is 0 Å². The molecule has 3 aromatic rings. The second-order valence-corrected chi connectivity index (χ2v) is 9.87. The zero-order chi connectivity index (χ0) is 27.5. The van der Waals surface area contributed by atoms with E-state index in [0.29, 0.717) is 44.5 Å². The molecule has 0 aromatic carbocycles. The van der Waals surface area contributed by atoms with E-state index in [0.717, 1.165) is 0 Å². The summed E-state index contributed by atoms with van der Waals surface area (Å²) < 4.78 is 11.1. The van der Waals surface area contributed by atoms with Crippen LogP contribution in [0.15, 0.2) is 41.1 Å². The van der Waals surface area contributed by atoms with E-state index in [4.69, 9.17) is 9.15 Å². The largest absolute Gasteiger partial charge is 0.447 e. The number of aromatic nitrogens is 2. The second-order valence-electron chi connectivity index (χ2n) is 9.87. The van der Waals surface area contributed by atoms with Crippen LogP contribution in [-0.4, -0.2) is 83.3 Å². The third kappa shape index (κ3) is 5.60. The molecule has 12 nitrogen and oxygen atoms in total. The first kappa shape index (κ1) is 26.3. The first-order valence-corrected chi connectivity index (χ1v) is 12.9. The van der Waals surface area contributed by atoms with Crippen LogP contribution in [0.4, 0.5) is 11.4 Å². The molecule has 0 atom stereocenters. The predicted molar refractivity (Wildman–Crippen MR) is 141 cm³/mol. The minimum absolute atomic E-state index is 0.0157. The van der Waals surface area contributed by atoms with Crippen LogP contribution >= 0.6 is 0 Å². The average Bonchev–Trinajstić information content (AvgIpc) is 3.31. The Morgan fingerprint density at radius 1 is 1.03 bits per heavy atom. The van der Waals surface area contributed by atoms with Crippen LogP contribution in [0.1, 0.15) is 46.7 Å². The van der Waals surface area contributed by atoms with E-state index >= 15 is 0 Å². The maximum Gasteiger partial charge on any atom is 0.293 e. The summed E-state index contributed by atoms with van der Waals surface area (Å²) >= 11 is 0. The lowest BCUT2D eigenvalue weighted by Gasteiger charge is -2.38. The lowest BCUT2D eigenvalue weighted by atomic mass is 9.84. The topological polar surface area (TPSA) is 147 Å². The number of furan rings is 1. The van der Waals surface area contributed by atoms with Gasteiger partial charge >= 0.3 is 0 Å². The van der Waals surface area contributed by atoms with Crippen molar-refractivity contribution in [3.05, 3.63) is 48.1 Å². The molecular weight excluding hydrogens is 504 g/mol. The van der Waals surface area contributed by atoms with Gasteiger partial charge in [0, 0.05) is 50.7 Å². The monoisotopic (exact) mass is 534 g/mol. The number of morpholine rings is 1. The average molecular weight is 535 g/mol. The van der Waals surface area contributed by atoms with Gasteiger partial charge in [-0.1, -0.05) is 0 Å². The molecule has 4 amide bonds. The van der Waals surface area contributed by atoms with Gasteiger partial charge in [-0.15, -0.1) is 0 Å². The number of hydrogen-bond donors (Lipinski definition) is 2. The number of nitrogens with one attached hydrogen (secondary N) is 2. The van der Waals surface area contributed by atoms with Crippen molar-refractivity contribution < 1.29 is 28.3 Å². The highest BCUT2D eigenvalue weighted by Crippen LogP contribution is 2.34. The summed E-state index contributed by atoms with van der Waals surface area (Å²) in [5.74, 6) is -1.63. The number of amides is 4. The zero-order valence-corrected chi connectivity index (χ0v) is 21.8. The minimum Gasteiger partial charge on any atom is -0.447 e. The molecule has 2 N–H and O–H groups in total. The molecule has 1 aliphatic carbocycles. The molecule has 0 radical (unpaired) electrons. The number of nitrogens with zero attached hydrogens (tertiary/aromatic N) is 4. The summed E-state index contributed by atoms with van der Waals surface area (Å²) in [6.07, 6.45) is 5.66. The number of carbonyl (C=O) groups excluding carboxylic acids is 4. The van der Waals surface area contributed by atoms with Crippen molar-refractivity contribution in [1.29, 1.82) is 0 Å². The van der Waals surface area contributed by atoms with E-state index in [1.165, 1.54) is 11.0 Å². The first-order chi connectivity index (χ1) is 18.8. The molecule has 1 aliphatic heterocycles. The normalized spacial score (nSPS) is 19.5. The summed E-state index contributed by atoms with van der Waals surface area (Å²) in [6, 6.07) is 6.41. The standard InChI is InChI=1S/C27H30N6O6/c1-32(2)27(37)19-7-8-20-22(30-19)23(24(39-20)26(36)29-17-9-11-28-12-10-17)31-25(35)16-3-5-18(6-4-16)33-13-14-38-15-21(33)34/h7-12,16,18H,3-6,13-15H2,1-2H3,(H,31,35)(H,28,29,36). The van der Waals surface area contributed by atoms with Crippen LogP contribution in [0.3, 0.4) is 0 Å². The number of carbonyl (C=O) groups is 4. The highest BCUT2D eigenvalue weighted by Gasteiger charge is 2.34. The Labute approximate surface area is 224 Å². The van der Waals surface area contributed by atoms with E-state index in [9.17, 15) is 19.2 Å². The molecule has 12 heteroatoms. The van der Waals surface area contributed by atoms with Crippen molar-refractivity contribution in [3.8, 4) is 0 Å². The molecule has 0 spiro atoms. The Hall–Kier alpha value is -4.32. The van der Waals surface area contributed by atoms with Crippen LogP contribution < -0.4 is 10.6 Å². The fourth-order valence-electron chi connectivity index (χ4n) is 5.01. The minimum atomic E-state index is -0.579. The first-order valence-electron chi connectivity index (χ1n) is 12.9. The number of rotatable bonds is 6. The van der Waals surface area contributed by atoms with E-state index in [1.54, 1.807) is 44.7 Å². The van der Waals surface area contributed by atoms with Crippen molar-refractivity contribution in [2.24, 2.45) is 5.92 Å². The fraction of sp³-hybridized carbons (Fsp3) is 0.407. The van der Waals surface area contributed by atoms with Gasteiger partial charge in [0.25, 0.3) is 11.8 Å². The van der Waals surface area contributed by atoms with Gasteiger partial charge in [-0.2, -0.15) is 0 Å². The highest BCUT2D eigenvalue weighted by atomic mass is 16.5. The van der Waals surface area contributed by atoms with Crippen LogP contribution in [0.2, 0.25) is 0 Å². The SMILES string of the molecule is CN(C)C(=O)c1ccc2oc(C(=O)Nc3ccncc3)c(NC(=O)C3CCC(N4CCOCC4=O)CC3)c2n1. The van der Waals surface area contributed by atoms with Crippen molar-refractivity contribution in [2.45, 2.75) is 31.7 Å². The summed E-state index contributed by atoms with van der Waals surface area (Å²) in [5.41, 5.74) is 1.24. The molecular formula is C27H30N6O6. The number of fused-ring (bicyclic) bond motifs is 1. The molecule has 2 fully saturated rings. The van der Waals surface area contributed by atoms with Gasteiger partial charge in [-0.3, -0.25) is 24.2 Å². The maximum absolute atomic E-state index is 13.4. The Balaban J connectivity index is 1.39. The quantitative estimate of drug-likeness (QED) is 0.490. The van der Waals surface area contributed by atoms with Gasteiger partial charge < -0.3 is 29.6 Å². The van der Waals surface area contributed by atoms with Crippen LogP contribution in [0.25, 0.3) is 11.1 Å². The highest BCUT2D eigenvalue weighted by molar-refractivity contribution is 6.14. The molecule has 3 aromatic heterocycles. The van der Waals surface area contributed by atoms with Gasteiger partial charge in [0.15, 0.2) is 5.58 Å². The number of ether oxygens (including phenoxy) is 1. The van der Waals surface area contributed by atoms with E-state index < -0.39 is 5.91 Å². The van der Waals surface area contributed by atoms with E-state index in [2.05, 4.69) is 20.6 Å². The van der Waals surface area contributed by atoms with Crippen LogP contribution in [-0.2, 0) is 14.3 Å². The molecule has 0 unspecified atom stereocenters. The molecule has 1 saturated carbocycles. The molecule has 204 valence electrons. The number of pyridine rings is 2. The Kier molecular flexibility index (Phi) is 7.55. The summed E-state index contributed by atoms with van der Waals surface area (Å²) in [4.78, 5) is 63.1. The summed E-state index contributed by atoms with van der Waals surface area (Å²) in [7, 11) is 3.22. The van der Waals surface area contributed by atoms with Crippen LogP contribution in [0, 0.1) is 5.92 Å². The second kappa shape index (κ2) is 11.2. The summed E-state index contributed by atoms with van der Waals surface area (Å²) in [6.45, 7) is 1.19. The van der Waals surface area contributed by atoms with Crippen molar-refractivity contribution in [1.82, 2.24) is 19.8 Å². The fourth-order valence-corrected chi connectivity index (χ4v) is 5.01. The Morgan fingerprint density at radius 2 is 1.77 bits per heavy atom. The lowest BCUT2D eigenvalue weighted by molar-refractivity contribution is -0.146. The third-order valence-electron chi connectivity index (χ3n) is 7.08. The van der Waals surface area contributed by atoms with Crippen molar-refractivity contribution >= 4 is 46.1 Å². The lowest BCUT2D eigenvalue weighted by Crippen LogP contribution is -2.49. The zero-order valence-electron chi connectivity index (χ0n) is 21.8. The Bertz CT molecular complexity index is 1400. The van der Waals surface area contributed by atoms with Gasteiger partial charge in [-0.25, -0.2) is 4.98 Å². The molecule has 39 heavy (non-hydrogen) atoms. The molecule has 5 rings (SSSR count). The van der Waals surface area contributed by atoms with Crippen molar-refractivity contribution in [3.63, 3.8) is 0 Å². The number of anilines is 2. The van der Waals surface area contributed by atoms with Gasteiger partial charge in [0.1, 0.15) is 23.5 Å². The van der Waals surface area contributed by atoms with Gasteiger partial charge in [0.05, 0.1) is 6.61 Å².